The van der Waals surface area contributed by atoms with E-state index in [4.69, 9.17) is 0 Å². The summed E-state index contributed by atoms with van der Waals surface area (Å²) in [5.74, 6) is -1.19. The molecule has 0 spiro atoms. The van der Waals surface area contributed by atoms with Crippen molar-refractivity contribution in [3.8, 4) is 0 Å². The number of hydrogen-bond acceptors (Lipinski definition) is 2. The molecule has 4 nitrogen and oxygen atoms in total. The van der Waals surface area contributed by atoms with Gasteiger partial charge in [0.1, 0.15) is 5.82 Å². The first-order chi connectivity index (χ1) is 10.6. The molecule has 2 aromatic carbocycles. The SMILES string of the molecule is O=C(Nc1cccc(F)c1)[C@@H]1CC(=O)N(c2ccccc2)C1. The van der Waals surface area contributed by atoms with Crippen LogP contribution in [0.2, 0.25) is 0 Å². The second-order valence-corrected chi connectivity index (χ2v) is 5.24. The summed E-state index contributed by atoms with van der Waals surface area (Å²) < 4.78 is 13.1. The van der Waals surface area contributed by atoms with E-state index in [9.17, 15) is 14.0 Å². The van der Waals surface area contributed by atoms with Gasteiger partial charge in [-0.15, -0.1) is 0 Å². The molecule has 3 rings (SSSR count). The second kappa shape index (κ2) is 5.97. The molecule has 0 unspecified atom stereocenters. The minimum Gasteiger partial charge on any atom is -0.326 e. The average molecular weight is 298 g/mol. The number of anilines is 2. The number of halogens is 1. The Kier molecular flexibility index (Phi) is 3.87. The van der Waals surface area contributed by atoms with Crippen LogP contribution in [0, 0.1) is 11.7 Å². The molecular weight excluding hydrogens is 283 g/mol. The van der Waals surface area contributed by atoms with Crippen LogP contribution in [0.15, 0.2) is 54.6 Å². The van der Waals surface area contributed by atoms with E-state index < -0.39 is 11.7 Å². The fourth-order valence-electron chi connectivity index (χ4n) is 2.55. The lowest BCUT2D eigenvalue weighted by Crippen LogP contribution is -2.28. The molecule has 0 saturated carbocycles. The third kappa shape index (κ3) is 2.98. The number of nitrogens with one attached hydrogen (secondary N) is 1. The van der Waals surface area contributed by atoms with Gasteiger partial charge in [0, 0.05) is 24.3 Å². The quantitative estimate of drug-likeness (QED) is 0.947. The first kappa shape index (κ1) is 14.3. The number of para-hydroxylation sites is 1. The van der Waals surface area contributed by atoms with Crippen molar-refractivity contribution in [2.45, 2.75) is 6.42 Å². The number of carbonyl (C=O) groups is 2. The Morgan fingerprint density at radius 1 is 1.14 bits per heavy atom. The minimum atomic E-state index is -0.434. The van der Waals surface area contributed by atoms with E-state index in [-0.39, 0.29) is 18.2 Å². The van der Waals surface area contributed by atoms with E-state index in [0.717, 1.165) is 5.69 Å². The zero-order chi connectivity index (χ0) is 15.5. The monoisotopic (exact) mass is 298 g/mol. The Balaban J connectivity index is 1.69. The molecule has 22 heavy (non-hydrogen) atoms. The van der Waals surface area contributed by atoms with Gasteiger partial charge in [0.2, 0.25) is 11.8 Å². The fourth-order valence-corrected chi connectivity index (χ4v) is 2.55. The topological polar surface area (TPSA) is 49.4 Å². The molecule has 1 atom stereocenters. The normalized spacial score (nSPS) is 17.6. The van der Waals surface area contributed by atoms with E-state index >= 15 is 0 Å². The molecule has 112 valence electrons. The Bertz CT molecular complexity index is 703. The van der Waals surface area contributed by atoms with Crippen LogP contribution in [0.5, 0.6) is 0 Å². The third-order valence-electron chi connectivity index (χ3n) is 3.66. The van der Waals surface area contributed by atoms with Gasteiger partial charge in [-0.2, -0.15) is 0 Å². The lowest BCUT2D eigenvalue weighted by Gasteiger charge is -2.16. The van der Waals surface area contributed by atoms with Gasteiger partial charge in [-0.05, 0) is 30.3 Å². The van der Waals surface area contributed by atoms with Crippen molar-refractivity contribution in [2.24, 2.45) is 5.92 Å². The van der Waals surface area contributed by atoms with Crippen molar-refractivity contribution in [3.63, 3.8) is 0 Å². The van der Waals surface area contributed by atoms with Crippen LogP contribution in [0.4, 0.5) is 15.8 Å². The Hall–Kier alpha value is -2.69. The van der Waals surface area contributed by atoms with Crippen molar-refractivity contribution < 1.29 is 14.0 Å². The van der Waals surface area contributed by atoms with Gasteiger partial charge >= 0.3 is 0 Å². The smallest absolute Gasteiger partial charge is 0.229 e. The summed E-state index contributed by atoms with van der Waals surface area (Å²) in [5.41, 5.74) is 1.18. The maximum atomic E-state index is 13.1. The molecule has 0 bridgehead atoms. The van der Waals surface area contributed by atoms with E-state index in [2.05, 4.69) is 5.32 Å². The summed E-state index contributed by atoms with van der Waals surface area (Å²) >= 11 is 0. The van der Waals surface area contributed by atoms with Crippen molar-refractivity contribution in [1.29, 1.82) is 0 Å². The van der Waals surface area contributed by atoms with E-state index in [1.54, 1.807) is 11.0 Å². The Labute approximate surface area is 127 Å². The first-order valence-electron chi connectivity index (χ1n) is 7.05. The summed E-state index contributed by atoms with van der Waals surface area (Å²) in [5, 5.41) is 2.66. The molecule has 1 fully saturated rings. The summed E-state index contributed by atoms with van der Waals surface area (Å²) in [6, 6.07) is 15.0. The highest BCUT2D eigenvalue weighted by Crippen LogP contribution is 2.25. The largest absolute Gasteiger partial charge is 0.326 e. The van der Waals surface area contributed by atoms with Crippen LogP contribution in [0.25, 0.3) is 0 Å². The number of carbonyl (C=O) groups excluding carboxylic acids is 2. The van der Waals surface area contributed by atoms with Crippen LogP contribution < -0.4 is 10.2 Å². The zero-order valence-corrected chi connectivity index (χ0v) is 11.8. The Morgan fingerprint density at radius 3 is 2.64 bits per heavy atom. The van der Waals surface area contributed by atoms with E-state index in [0.29, 0.717) is 12.2 Å². The maximum Gasteiger partial charge on any atom is 0.229 e. The molecule has 2 amide bonds. The zero-order valence-electron chi connectivity index (χ0n) is 11.8. The molecule has 1 aliphatic rings. The van der Waals surface area contributed by atoms with Crippen molar-refractivity contribution in [1.82, 2.24) is 0 Å². The summed E-state index contributed by atoms with van der Waals surface area (Å²) in [7, 11) is 0. The van der Waals surface area contributed by atoms with Crippen LogP contribution >= 0.6 is 0 Å². The molecular formula is C17H15FN2O2. The van der Waals surface area contributed by atoms with Gasteiger partial charge in [0.15, 0.2) is 0 Å². The Morgan fingerprint density at radius 2 is 1.91 bits per heavy atom. The van der Waals surface area contributed by atoms with Gasteiger partial charge in [0.05, 0.1) is 5.92 Å². The molecule has 1 aliphatic heterocycles. The van der Waals surface area contributed by atoms with Crippen molar-refractivity contribution >= 4 is 23.2 Å². The second-order valence-electron chi connectivity index (χ2n) is 5.24. The van der Waals surface area contributed by atoms with Crippen LogP contribution in [0.1, 0.15) is 6.42 Å². The van der Waals surface area contributed by atoms with Gasteiger partial charge in [-0.3, -0.25) is 9.59 Å². The summed E-state index contributed by atoms with van der Waals surface area (Å²) in [4.78, 5) is 25.9. The fraction of sp³-hybridized carbons (Fsp3) is 0.176. The number of amides is 2. The molecule has 0 aromatic heterocycles. The number of hydrogen-bond donors (Lipinski definition) is 1. The highest BCUT2D eigenvalue weighted by atomic mass is 19.1. The molecule has 1 heterocycles. The van der Waals surface area contributed by atoms with Crippen LogP contribution in [0.3, 0.4) is 0 Å². The maximum absolute atomic E-state index is 13.1. The number of benzene rings is 2. The number of nitrogens with zero attached hydrogens (tertiary/aromatic N) is 1. The highest BCUT2D eigenvalue weighted by Gasteiger charge is 2.35. The lowest BCUT2D eigenvalue weighted by molar-refractivity contribution is -0.122. The van der Waals surface area contributed by atoms with Crippen LogP contribution in [-0.4, -0.2) is 18.4 Å². The molecule has 0 aliphatic carbocycles. The van der Waals surface area contributed by atoms with Crippen molar-refractivity contribution in [2.75, 3.05) is 16.8 Å². The predicted molar refractivity (Wildman–Crippen MR) is 81.9 cm³/mol. The van der Waals surface area contributed by atoms with Gasteiger partial charge in [-0.1, -0.05) is 24.3 Å². The standard InChI is InChI=1S/C17H15FN2O2/c18-13-5-4-6-14(10-13)19-17(22)12-9-16(21)20(11-12)15-7-2-1-3-8-15/h1-8,10,12H,9,11H2,(H,19,22)/t12-/m1/s1. The molecule has 1 N–H and O–H groups in total. The lowest BCUT2D eigenvalue weighted by atomic mass is 10.1. The molecule has 0 radical (unpaired) electrons. The number of rotatable bonds is 3. The first-order valence-corrected chi connectivity index (χ1v) is 7.05. The molecule has 5 heteroatoms. The van der Waals surface area contributed by atoms with Crippen molar-refractivity contribution in [3.05, 3.63) is 60.4 Å². The van der Waals surface area contributed by atoms with Gasteiger partial charge in [-0.25, -0.2) is 4.39 Å². The average Bonchev–Trinajstić information content (AvgIpc) is 2.90. The predicted octanol–water partition coefficient (Wildman–Crippen LogP) is 2.82. The third-order valence-corrected chi connectivity index (χ3v) is 3.66. The summed E-state index contributed by atoms with van der Waals surface area (Å²) in [6.07, 6.45) is 0.163. The highest BCUT2D eigenvalue weighted by molar-refractivity contribution is 6.03. The van der Waals surface area contributed by atoms with E-state index in [1.807, 2.05) is 30.3 Å². The molecule has 2 aromatic rings. The van der Waals surface area contributed by atoms with Gasteiger partial charge in [0.25, 0.3) is 0 Å². The van der Waals surface area contributed by atoms with Crippen LogP contribution in [-0.2, 0) is 9.59 Å². The molecule has 1 saturated heterocycles. The van der Waals surface area contributed by atoms with Gasteiger partial charge < -0.3 is 10.2 Å². The van der Waals surface area contributed by atoms with E-state index in [1.165, 1.54) is 18.2 Å². The summed E-state index contributed by atoms with van der Waals surface area (Å²) in [6.45, 7) is 0.337. The minimum absolute atomic E-state index is 0.0782.